The number of nitrogens with one attached hydrogen (secondary N) is 3. The highest BCUT2D eigenvalue weighted by Crippen LogP contribution is 2.09. The molecule has 2 aromatic rings. The van der Waals surface area contributed by atoms with Crippen LogP contribution in [0.4, 0.5) is 0 Å². The molecule has 17 heavy (non-hydrogen) atoms. The van der Waals surface area contributed by atoms with Crippen molar-refractivity contribution in [2.75, 3.05) is 6.61 Å². The summed E-state index contributed by atoms with van der Waals surface area (Å²) < 4.78 is 0. The van der Waals surface area contributed by atoms with E-state index >= 15 is 0 Å². The third kappa shape index (κ3) is 2.73. The van der Waals surface area contributed by atoms with E-state index in [9.17, 15) is 9.59 Å². The lowest BCUT2D eigenvalue weighted by Crippen LogP contribution is -2.23. The number of aromatic nitrogens is 2. The molecule has 0 spiro atoms. The van der Waals surface area contributed by atoms with Crippen molar-refractivity contribution >= 4 is 16.9 Å². The lowest BCUT2D eigenvalue weighted by atomic mass is 10.2. The number of hydrogen-bond acceptors (Lipinski definition) is 3. The Morgan fingerprint density at radius 1 is 1.29 bits per heavy atom. The summed E-state index contributed by atoms with van der Waals surface area (Å²) >= 11 is 0. The molecule has 6 nitrogen and oxygen atoms in total. The second-order valence-electron chi connectivity index (χ2n) is 3.71. The molecular formula is C11H13N3O3. The lowest BCUT2D eigenvalue weighted by Gasteiger charge is -2.04. The van der Waals surface area contributed by atoms with Crippen molar-refractivity contribution in [2.45, 2.75) is 13.0 Å². The van der Waals surface area contributed by atoms with Crippen LogP contribution in [0.15, 0.2) is 23.0 Å². The fraction of sp³-hybridized carbons (Fsp3) is 0.273. The Labute approximate surface area is 96.7 Å². The summed E-state index contributed by atoms with van der Waals surface area (Å²) in [5, 5.41) is 11.2. The second-order valence-corrected chi connectivity index (χ2v) is 3.71. The van der Waals surface area contributed by atoms with Gasteiger partial charge >= 0.3 is 5.69 Å². The van der Waals surface area contributed by atoms with Crippen molar-refractivity contribution in [3.8, 4) is 0 Å². The van der Waals surface area contributed by atoms with Gasteiger partial charge in [0.15, 0.2) is 0 Å². The highest BCUT2D eigenvalue weighted by atomic mass is 16.3. The van der Waals surface area contributed by atoms with Crippen LogP contribution >= 0.6 is 0 Å². The number of benzene rings is 1. The van der Waals surface area contributed by atoms with Crippen LogP contribution in [0.3, 0.4) is 0 Å². The van der Waals surface area contributed by atoms with Gasteiger partial charge in [0.05, 0.1) is 17.6 Å². The first-order valence-corrected chi connectivity index (χ1v) is 5.27. The number of H-pyrrole nitrogens is 2. The number of aromatic amines is 2. The molecule has 2 rings (SSSR count). The summed E-state index contributed by atoms with van der Waals surface area (Å²) in [5.74, 6) is -0.199. The summed E-state index contributed by atoms with van der Waals surface area (Å²) in [5.41, 5.74) is 2.09. The molecule has 0 saturated heterocycles. The van der Waals surface area contributed by atoms with Gasteiger partial charge in [-0.05, 0) is 17.7 Å². The predicted octanol–water partition coefficient (Wildman–Crippen LogP) is -0.145. The van der Waals surface area contributed by atoms with Gasteiger partial charge < -0.3 is 20.4 Å². The molecule has 0 aliphatic rings. The maximum atomic E-state index is 11.1. The highest BCUT2D eigenvalue weighted by Gasteiger charge is 2.02. The van der Waals surface area contributed by atoms with Crippen molar-refractivity contribution in [1.82, 2.24) is 15.3 Å². The Bertz CT molecular complexity index is 585. The topological polar surface area (TPSA) is 98.0 Å². The van der Waals surface area contributed by atoms with Crippen LogP contribution in [0.2, 0.25) is 0 Å². The Morgan fingerprint density at radius 2 is 2.06 bits per heavy atom. The molecule has 1 aromatic heterocycles. The first kappa shape index (κ1) is 11.4. The van der Waals surface area contributed by atoms with Crippen LogP contribution in [-0.4, -0.2) is 27.6 Å². The van der Waals surface area contributed by atoms with Gasteiger partial charge in [-0.1, -0.05) is 6.07 Å². The van der Waals surface area contributed by atoms with Crippen LogP contribution in [0.1, 0.15) is 12.0 Å². The van der Waals surface area contributed by atoms with Gasteiger partial charge in [-0.25, -0.2) is 4.79 Å². The molecule has 1 heterocycles. The van der Waals surface area contributed by atoms with Gasteiger partial charge in [0.1, 0.15) is 0 Å². The molecule has 0 aliphatic heterocycles. The van der Waals surface area contributed by atoms with Gasteiger partial charge in [-0.3, -0.25) is 4.79 Å². The van der Waals surface area contributed by atoms with E-state index in [1.165, 1.54) is 0 Å². The maximum absolute atomic E-state index is 11.1. The van der Waals surface area contributed by atoms with E-state index in [4.69, 9.17) is 5.11 Å². The SMILES string of the molecule is O=C(CCO)NCc1ccc2[nH]c(=O)[nH]c2c1. The van der Waals surface area contributed by atoms with E-state index in [0.29, 0.717) is 12.1 Å². The van der Waals surface area contributed by atoms with Crippen molar-refractivity contribution in [1.29, 1.82) is 0 Å². The fourth-order valence-corrected chi connectivity index (χ4v) is 1.58. The van der Waals surface area contributed by atoms with Crippen LogP contribution < -0.4 is 11.0 Å². The summed E-state index contributed by atoms with van der Waals surface area (Å²) in [7, 11) is 0. The predicted molar refractivity (Wildman–Crippen MR) is 62.5 cm³/mol. The monoisotopic (exact) mass is 235 g/mol. The molecule has 90 valence electrons. The molecule has 0 unspecified atom stereocenters. The van der Waals surface area contributed by atoms with Gasteiger partial charge in [0.25, 0.3) is 0 Å². The van der Waals surface area contributed by atoms with E-state index in [1.807, 2.05) is 6.07 Å². The molecule has 0 radical (unpaired) electrons. The Balaban J connectivity index is 2.08. The summed E-state index contributed by atoms with van der Waals surface area (Å²) in [6.45, 7) is 0.220. The smallest absolute Gasteiger partial charge is 0.323 e. The molecule has 0 fully saturated rings. The molecule has 0 bridgehead atoms. The van der Waals surface area contributed by atoms with Crippen molar-refractivity contribution < 1.29 is 9.90 Å². The van der Waals surface area contributed by atoms with Crippen LogP contribution in [0.25, 0.3) is 11.0 Å². The van der Waals surface area contributed by atoms with E-state index in [2.05, 4.69) is 15.3 Å². The fourth-order valence-electron chi connectivity index (χ4n) is 1.58. The quantitative estimate of drug-likeness (QED) is 0.593. The van der Waals surface area contributed by atoms with Gasteiger partial charge in [-0.2, -0.15) is 0 Å². The molecule has 1 aromatic carbocycles. The first-order chi connectivity index (χ1) is 8.19. The van der Waals surface area contributed by atoms with Gasteiger partial charge in [0.2, 0.25) is 5.91 Å². The van der Waals surface area contributed by atoms with Crippen molar-refractivity contribution in [3.63, 3.8) is 0 Å². The zero-order chi connectivity index (χ0) is 12.3. The summed E-state index contributed by atoms with van der Waals surface area (Å²) in [6.07, 6.45) is 0.100. The number of aliphatic hydroxyl groups is 1. The van der Waals surface area contributed by atoms with Gasteiger partial charge in [-0.15, -0.1) is 0 Å². The minimum atomic E-state index is -0.249. The number of carbonyl (C=O) groups excluding carboxylic acids is 1. The van der Waals surface area contributed by atoms with E-state index < -0.39 is 0 Å². The zero-order valence-electron chi connectivity index (χ0n) is 9.12. The summed E-state index contributed by atoms with van der Waals surface area (Å²) in [4.78, 5) is 27.5. The number of hydrogen-bond donors (Lipinski definition) is 4. The number of rotatable bonds is 4. The molecule has 0 saturated carbocycles. The third-order valence-electron chi connectivity index (χ3n) is 2.41. The number of fused-ring (bicyclic) bond motifs is 1. The Hall–Kier alpha value is -2.08. The third-order valence-corrected chi connectivity index (χ3v) is 2.41. The number of carbonyl (C=O) groups is 1. The molecule has 1 amide bonds. The average Bonchev–Trinajstić information content (AvgIpc) is 2.66. The zero-order valence-corrected chi connectivity index (χ0v) is 9.12. The van der Waals surface area contributed by atoms with Crippen LogP contribution in [0, 0.1) is 0 Å². The Morgan fingerprint density at radius 3 is 2.82 bits per heavy atom. The normalized spacial score (nSPS) is 10.6. The van der Waals surface area contributed by atoms with Crippen molar-refractivity contribution in [2.24, 2.45) is 0 Å². The van der Waals surface area contributed by atoms with Crippen LogP contribution in [-0.2, 0) is 11.3 Å². The van der Waals surface area contributed by atoms with Gasteiger partial charge in [0, 0.05) is 13.0 Å². The average molecular weight is 235 g/mol. The molecule has 0 aliphatic carbocycles. The Kier molecular flexibility index (Phi) is 3.24. The largest absolute Gasteiger partial charge is 0.396 e. The molecule has 0 atom stereocenters. The minimum absolute atomic E-state index is 0.100. The van der Waals surface area contributed by atoms with Crippen molar-refractivity contribution in [3.05, 3.63) is 34.2 Å². The van der Waals surface area contributed by atoms with E-state index in [-0.39, 0.29) is 24.6 Å². The van der Waals surface area contributed by atoms with E-state index in [0.717, 1.165) is 11.1 Å². The molecule has 6 heteroatoms. The number of imidazole rings is 1. The lowest BCUT2D eigenvalue weighted by molar-refractivity contribution is -0.121. The first-order valence-electron chi connectivity index (χ1n) is 5.27. The number of aliphatic hydroxyl groups excluding tert-OH is 1. The maximum Gasteiger partial charge on any atom is 0.323 e. The molecule has 4 N–H and O–H groups in total. The standard InChI is InChI=1S/C11H13N3O3/c15-4-3-10(16)12-6-7-1-2-8-9(5-7)14-11(17)13-8/h1-2,5,15H,3-4,6H2,(H,12,16)(H2,13,14,17). The minimum Gasteiger partial charge on any atom is -0.396 e. The second kappa shape index (κ2) is 4.84. The highest BCUT2D eigenvalue weighted by molar-refractivity contribution is 5.77. The molecular weight excluding hydrogens is 222 g/mol. The number of amides is 1. The van der Waals surface area contributed by atoms with Crippen LogP contribution in [0.5, 0.6) is 0 Å². The van der Waals surface area contributed by atoms with E-state index in [1.54, 1.807) is 12.1 Å². The summed E-state index contributed by atoms with van der Waals surface area (Å²) in [6, 6.07) is 5.40.